The standard InChI is InChI=1S/C46H51ClN6O6S.C2H6O.CH2O/c1-30-24-38(9-11-40(30)49-27-31-15-22-58-23-16-31)60(56,57)51-44(54)39-10-8-36(26-41(39)59-37-25-34-12-19-48-43(34)50-28-37)52-20-13-32(14-21-52)29-53-42(33-4-6-35(47)7-5-33)46(45(53)55)17-2-3-18-46;1-3-2;1-2/h4-12,19,24-26,28,31-32,42,49H,2-3,13-18,20-23,27,29H2,1H3,(H,48,50)(H,51,54);1-2H3;1H2. The van der Waals surface area contributed by atoms with Crippen LogP contribution in [-0.4, -0.2) is 95.5 Å². The number of aryl methyl sites for hydroxylation is 1. The third kappa shape index (κ3) is 10.6. The summed E-state index contributed by atoms with van der Waals surface area (Å²) in [6, 6.07) is 21.9. The number of carbonyl (C=O) groups excluding carboxylic acids is 3. The first kappa shape index (κ1) is 47.5. The van der Waals surface area contributed by atoms with Crippen LogP contribution < -0.4 is 19.7 Å². The molecule has 1 unspecified atom stereocenters. The molecule has 2 aromatic heterocycles. The van der Waals surface area contributed by atoms with Gasteiger partial charge in [0.15, 0.2) is 0 Å². The van der Waals surface area contributed by atoms with E-state index in [9.17, 15) is 18.0 Å². The first-order chi connectivity index (χ1) is 31.5. The van der Waals surface area contributed by atoms with Crippen molar-refractivity contribution in [1.29, 1.82) is 0 Å². The number of halogens is 1. The van der Waals surface area contributed by atoms with E-state index in [4.69, 9.17) is 25.9 Å². The number of H-pyrrole nitrogens is 1. The fourth-order valence-electron chi connectivity index (χ4n) is 9.75. The van der Waals surface area contributed by atoms with Crippen LogP contribution in [0.5, 0.6) is 11.5 Å². The van der Waals surface area contributed by atoms with Gasteiger partial charge in [0, 0.05) is 87.7 Å². The number of carbonyl (C=O) groups is 3. The van der Waals surface area contributed by atoms with Crippen molar-refractivity contribution in [3.8, 4) is 11.5 Å². The number of nitrogens with one attached hydrogen (secondary N) is 3. The second kappa shape index (κ2) is 21.2. The minimum Gasteiger partial charge on any atom is -0.455 e. The molecule has 5 aromatic rings. The molecule has 1 atom stereocenters. The molecule has 16 heteroatoms. The van der Waals surface area contributed by atoms with Crippen LogP contribution in [0.4, 0.5) is 11.4 Å². The van der Waals surface area contributed by atoms with Crippen LogP contribution in [-0.2, 0) is 29.1 Å². The highest BCUT2D eigenvalue weighted by molar-refractivity contribution is 7.90. The smallest absolute Gasteiger partial charge is 0.268 e. The van der Waals surface area contributed by atoms with Gasteiger partial charge in [-0.15, -0.1) is 0 Å². The summed E-state index contributed by atoms with van der Waals surface area (Å²) in [5, 5.41) is 4.98. The molecule has 3 aliphatic heterocycles. The maximum absolute atomic E-state index is 13.9. The lowest BCUT2D eigenvalue weighted by atomic mass is 9.66. The average Bonchev–Trinajstić information content (AvgIpc) is 4.02. The molecule has 0 radical (unpaired) electrons. The summed E-state index contributed by atoms with van der Waals surface area (Å²) in [6.45, 7) is 8.36. The number of hydrogen-bond donors (Lipinski definition) is 3. The third-order valence-electron chi connectivity index (χ3n) is 13.1. The molecule has 1 saturated carbocycles. The Kier molecular flexibility index (Phi) is 15.5. The van der Waals surface area contributed by atoms with E-state index in [2.05, 4.69) is 46.7 Å². The zero-order valence-electron chi connectivity index (χ0n) is 37.3. The molecule has 5 heterocycles. The van der Waals surface area contributed by atoms with E-state index in [0.29, 0.717) is 34.8 Å². The summed E-state index contributed by atoms with van der Waals surface area (Å²) < 4.78 is 45.7. The Morgan fingerprint density at radius 1 is 0.954 bits per heavy atom. The van der Waals surface area contributed by atoms with Crippen LogP contribution in [0.15, 0.2) is 90.1 Å². The summed E-state index contributed by atoms with van der Waals surface area (Å²) in [4.78, 5) is 47.6. The van der Waals surface area contributed by atoms with E-state index in [1.54, 1.807) is 50.9 Å². The Morgan fingerprint density at radius 3 is 2.35 bits per heavy atom. The molecule has 2 amide bonds. The highest BCUT2D eigenvalue weighted by Gasteiger charge is 2.61. The number of fused-ring (bicyclic) bond motifs is 1. The summed E-state index contributed by atoms with van der Waals surface area (Å²) in [5.74, 6) is 0.935. The molecule has 14 nitrogen and oxygen atoms in total. The van der Waals surface area contributed by atoms with Crippen LogP contribution in [0.1, 0.15) is 78.9 Å². The van der Waals surface area contributed by atoms with Crippen LogP contribution in [0.3, 0.4) is 0 Å². The van der Waals surface area contributed by atoms with Crippen molar-refractivity contribution in [1.82, 2.24) is 19.6 Å². The van der Waals surface area contributed by atoms with E-state index in [1.807, 2.05) is 44.0 Å². The number of hydrogen-bond acceptors (Lipinski definition) is 11. The molecule has 3 saturated heterocycles. The molecule has 4 aliphatic rings. The Labute approximate surface area is 386 Å². The van der Waals surface area contributed by atoms with Crippen molar-refractivity contribution < 1.29 is 37.0 Å². The van der Waals surface area contributed by atoms with Crippen molar-refractivity contribution in [2.45, 2.75) is 69.2 Å². The number of aromatic nitrogens is 2. The molecule has 1 spiro atoms. The van der Waals surface area contributed by atoms with Gasteiger partial charge >= 0.3 is 0 Å². The predicted molar refractivity (Wildman–Crippen MR) is 252 cm³/mol. The number of β-lactam (4-membered cyclic amide) rings is 1. The molecule has 3 aromatic carbocycles. The van der Waals surface area contributed by atoms with Crippen molar-refractivity contribution in [3.05, 3.63) is 107 Å². The van der Waals surface area contributed by atoms with Crippen LogP contribution in [0.2, 0.25) is 5.02 Å². The van der Waals surface area contributed by atoms with Crippen molar-refractivity contribution in [2.24, 2.45) is 17.3 Å². The van der Waals surface area contributed by atoms with Gasteiger partial charge in [-0.25, -0.2) is 18.1 Å². The number of aromatic amines is 1. The first-order valence-electron chi connectivity index (χ1n) is 22.2. The minimum absolute atomic E-state index is 0.00754. The van der Waals surface area contributed by atoms with Crippen LogP contribution >= 0.6 is 11.6 Å². The van der Waals surface area contributed by atoms with E-state index in [0.717, 1.165) is 112 Å². The topological polar surface area (TPSA) is 172 Å². The molecule has 4 fully saturated rings. The number of nitrogens with zero attached hydrogens (tertiary/aromatic N) is 3. The lowest BCUT2D eigenvalue weighted by Gasteiger charge is -2.56. The van der Waals surface area contributed by atoms with Gasteiger partial charge < -0.3 is 39.1 Å². The molecule has 9 rings (SSSR count). The Hall–Kier alpha value is -5.48. The predicted octanol–water partition coefficient (Wildman–Crippen LogP) is 8.71. The van der Waals surface area contributed by atoms with Gasteiger partial charge in [0.05, 0.1) is 28.1 Å². The number of methoxy groups -OCH3 is 1. The van der Waals surface area contributed by atoms with Gasteiger partial charge in [-0.05, 0) is 123 Å². The normalized spacial score (nSPS) is 18.6. The lowest BCUT2D eigenvalue weighted by Crippen LogP contribution is -2.63. The van der Waals surface area contributed by atoms with Gasteiger partial charge in [-0.2, -0.15) is 0 Å². The Bertz CT molecular complexity index is 2530. The SMILES string of the molecule is C=O.COC.Cc1cc(S(=O)(=O)NC(=O)c2ccc(N3CCC(CN4C(=O)C5(CCCC5)C4c4ccc(Cl)cc4)CC3)cc2Oc2cnc3[nH]ccc3c2)ccc1NCC1CCOCC1. The fraction of sp³-hybridized carbons (Fsp3) is 0.429. The number of likely N-dealkylation sites (tertiary alicyclic amines) is 1. The van der Waals surface area contributed by atoms with Crippen LogP contribution in [0, 0.1) is 24.2 Å². The van der Waals surface area contributed by atoms with Gasteiger partial charge in [-0.1, -0.05) is 36.6 Å². The highest BCUT2D eigenvalue weighted by Crippen LogP contribution is 2.59. The van der Waals surface area contributed by atoms with E-state index in [1.165, 1.54) is 6.07 Å². The monoisotopic (exact) mass is 926 g/mol. The number of piperidine rings is 1. The zero-order chi connectivity index (χ0) is 46.1. The fourth-order valence-corrected chi connectivity index (χ4v) is 10.9. The van der Waals surface area contributed by atoms with Crippen molar-refractivity contribution >= 4 is 62.6 Å². The van der Waals surface area contributed by atoms with Gasteiger partial charge in [0.2, 0.25) is 5.91 Å². The lowest BCUT2D eigenvalue weighted by molar-refractivity contribution is -0.174. The molecule has 346 valence electrons. The quantitative estimate of drug-likeness (QED) is 0.102. The van der Waals surface area contributed by atoms with E-state index < -0.39 is 15.9 Å². The average molecular weight is 928 g/mol. The maximum Gasteiger partial charge on any atom is 0.268 e. The number of amides is 2. The molecule has 0 bridgehead atoms. The summed E-state index contributed by atoms with van der Waals surface area (Å²) in [7, 11) is -0.983. The second-order valence-electron chi connectivity index (χ2n) is 17.3. The summed E-state index contributed by atoms with van der Waals surface area (Å²) in [6.07, 6.45) is 11.2. The van der Waals surface area contributed by atoms with Crippen LogP contribution in [0.25, 0.3) is 11.0 Å². The first-order valence-corrected chi connectivity index (χ1v) is 24.1. The molecular weight excluding hydrogens is 868 g/mol. The number of benzene rings is 3. The molecular formula is C49H59ClN6O8S. The number of anilines is 2. The number of ether oxygens (including phenoxy) is 3. The number of pyridine rings is 1. The van der Waals surface area contributed by atoms with Gasteiger partial charge in [-0.3, -0.25) is 9.59 Å². The largest absolute Gasteiger partial charge is 0.455 e. The van der Waals surface area contributed by atoms with Gasteiger partial charge in [0.25, 0.3) is 15.9 Å². The second-order valence-corrected chi connectivity index (χ2v) is 19.4. The third-order valence-corrected chi connectivity index (χ3v) is 14.7. The summed E-state index contributed by atoms with van der Waals surface area (Å²) >= 11 is 6.24. The van der Waals surface area contributed by atoms with Crippen molar-refractivity contribution in [3.63, 3.8) is 0 Å². The number of rotatable bonds is 12. The minimum atomic E-state index is -4.23. The van der Waals surface area contributed by atoms with Crippen molar-refractivity contribution in [2.75, 3.05) is 63.8 Å². The zero-order valence-corrected chi connectivity index (χ0v) is 38.9. The highest BCUT2D eigenvalue weighted by atomic mass is 35.5. The molecule has 3 N–H and O–H groups in total. The Balaban J connectivity index is 0.00000121. The summed E-state index contributed by atoms with van der Waals surface area (Å²) in [5.41, 5.74) is 4.11. The van der Waals surface area contributed by atoms with E-state index in [-0.39, 0.29) is 33.6 Å². The Morgan fingerprint density at radius 2 is 1.66 bits per heavy atom. The van der Waals surface area contributed by atoms with Gasteiger partial charge in [0.1, 0.15) is 23.9 Å². The number of sulfonamides is 1. The maximum atomic E-state index is 13.9. The molecule has 65 heavy (non-hydrogen) atoms. The van der Waals surface area contributed by atoms with E-state index >= 15 is 0 Å². The molecule has 1 aliphatic carbocycles.